The van der Waals surface area contributed by atoms with Crippen LogP contribution in [0.5, 0.6) is 0 Å². The first-order valence-electron chi connectivity index (χ1n) is 10.5. The zero-order valence-corrected chi connectivity index (χ0v) is 19.0. The fourth-order valence-electron chi connectivity index (χ4n) is 3.57. The molecule has 6 heteroatoms. The highest BCUT2D eigenvalue weighted by Gasteiger charge is 2.11. The lowest BCUT2D eigenvalue weighted by Gasteiger charge is -2.10. The largest absolute Gasteiger partial charge is 0.353 e. The summed E-state index contributed by atoms with van der Waals surface area (Å²) in [4.78, 5) is 16.9. The Hall–Kier alpha value is -3.08. The van der Waals surface area contributed by atoms with Crippen molar-refractivity contribution >= 4 is 46.2 Å². The highest BCUT2D eigenvalue weighted by atomic mass is 35.5. The molecular formula is C26H23Cl2N3O. The molecule has 4 nitrogen and oxygen atoms in total. The zero-order valence-electron chi connectivity index (χ0n) is 17.5. The third kappa shape index (κ3) is 5.58. The van der Waals surface area contributed by atoms with Crippen molar-refractivity contribution in [2.45, 2.75) is 19.4 Å². The average molecular weight is 464 g/mol. The molecule has 1 aromatic heterocycles. The van der Waals surface area contributed by atoms with Crippen LogP contribution < -0.4 is 5.32 Å². The Balaban J connectivity index is 1.40. The van der Waals surface area contributed by atoms with Crippen molar-refractivity contribution in [3.8, 4) is 0 Å². The van der Waals surface area contributed by atoms with Crippen molar-refractivity contribution in [1.29, 1.82) is 0 Å². The first-order valence-corrected chi connectivity index (χ1v) is 11.2. The van der Waals surface area contributed by atoms with Crippen molar-refractivity contribution in [1.82, 2.24) is 14.9 Å². The number of imidazole rings is 1. The topological polar surface area (TPSA) is 46.9 Å². The molecule has 1 N–H and O–H groups in total. The molecule has 0 saturated heterocycles. The number of nitrogens with one attached hydrogen (secondary N) is 1. The van der Waals surface area contributed by atoms with Crippen LogP contribution in [-0.4, -0.2) is 22.0 Å². The highest BCUT2D eigenvalue weighted by Crippen LogP contribution is 2.25. The average Bonchev–Trinajstić information content (AvgIpc) is 3.15. The van der Waals surface area contributed by atoms with Crippen LogP contribution in [0.1, 0.15) is 23.4 Å². The third-order valence-electron chi connectivity index (χ3n) is 5.16. The number of benzene rings is 3. The second-order valence-electron chi connectivity index (χ2n) is 7.49. The van der Waals surface area contributed by atoms with Crippen LogP contribution >= 0.6 is 23.2 Å². The van der Waals surface area contributed by atoms with Crippen LogP contribution in [0.2, 0.25) is 10.0 Å². The van der Waals surface area contributed by atoms with Crippen molar-refractivity contribution < 1.29 is 4.79 Å². The Morgan fingerprint density at radius 2 is 1.75 bits per heavy atom. The molecule has 0 atom stereocenters. The van der Waals surface area contributed by atoms with Gasteiger partial charge < -0.3 is 9.88 Å². The summed E-state index contributed by atoms with van der Waals surface area (Å²) in [5.74, 6) is 0.879. The number of para-hydroxylation sites is 2. The van der Waals surface area contributed by atoms with E-state index < -0.39 is 0 Å². The molecule has 162 valence electrons. The molecule has 0 spiro atoms. The van der Waals surface area contributed by atoms with Crippen LogP contribution in [0.15, 0.2) is 78.9 Å². The predicted molar refractivity (Wildman–Crippen MR) is 132 cm³/mol. The number of aromatic nitrogens is 2. The number of hydrogen-bond donors (Lipinski definition) is 1. The maximum atomic E-state index is 12.1. The number of amides is 1. The molecule has 0 saturated carbocycles. The summed E-state index contributed by atoms with van der Waals surface area (Å²) in [5.41, 5.74) is 4.09. The van der Waals surface area contributed by atoms with Crippen LogP contribution in [0, 0.1) is 0 Å². The lowest BCUT2D eigenvalue weighted by Crippen LogP contribution is -2.22. The molecule has 32 heavy (non-hydrogen) atoms. The van der Waals surface area contributed by atoms with Crippen LogP contribution in [0.3, 0.4) is 0 Å². The zero-order chi connectivity index (χ0) is 22.3. The van der Waals surface area contributed by atoms with E-state index in [-0.39, 0.29) is 5.91 Å². The first kappa shape index (κ1) is 22.1. The number of aryl methyl sites for hydroxylation is 1. The summed E-state index contributed by atoms with van der Waals surface area (Å²) in [7, 11) is 0. The van der Waals surface area contributed by atoms with E-state index >= 15 is 0 Å². The van der Waals surface area contributed by atoms with E-state index in [4.69, 9.17) is 28.2 Å². The number of halogens is 2. The normalized spacial score (nSPS) is 11.3. The Morgan fingerprint density at radius 3 is 2.56 bits per heavy atom. The summed E-state index contributed by atoms with van der Waals surface area (Å²) in [6, 6.07) is 23.5. The van der Waals surface area contributed by atoms with E-state index in [1.54, 1.807) is 6.08 Å². The van der Waals surface area contributed by atoms with E-state index in [0.717, 1.165) is 40.8 Å². The van der Waals surface area contributed by atoms with Gasteiger partial charge in [-0.1, -0.05) is 71.7 Å². The Bertz CT molecular complexity index is 1250. The lowest BCUT2D eigenvalue weighted by molar-refractivity contribution is -0.116. The maximum Gasteiger partial charge on any atom is 0.243 e. The number of fused-ring (bicyclic) bond motifs is 1. The number of rotatable bonds is 8. The monoisotopic (exact) mass is 463 g/mol. The lowest BCUT2D eigenvalue weighted by atomic mass is 10.2. The minimum atomic E-state index is -0.0989. The minimum Gasteiger partial charge on any atom is -0.353 e. The fraction of sp³-hybridized carbons (Fsp3) is 0.154. The number of hydrogen-bond acceptors (Lipinski definition) is 2. The van der Waals surface area contributed by atoms with Gasteiger partial charge in [0.2, 0.25) is 5.91 Å². The molecule has 1 amide bonds. The molecule has 1 heterocycles. The molecular weight excluding hydrogens is 441 g/mol. The van der Waals surface area contributed by atoms with Gasteiger partial charge in [-0.05, 0) is 47.9 Å². The number of carbonyl (C=O) groups is 1. The van der Waals surface area contributed by atoms with E-state index in [1.807, 2.05) is 72.8 Å². The summed E-state index contributed by atoms with van der Waals surface area (Å²) in [5, 5.41) is 4.03. The Kier molecular flexibility index (Phi) is 7.25. The van der Waals surface area contributed by atoms with Gasteiger partial charge in [-0.15, -0.1) is 0 Å². The second-order valence-corrected chi connectivity index (χ2v) is 8.30. The fourth-order valence-corrected chi connectivity index (χ4v) is 3.89. The molecule has 0 aliphatic heterocycles. The van der Waals surface area contributed by atoms with Gasteiger partial charge in [0.25, 0.3) is 0 Å². The molecule has 0 aliphatic rings. The smallest absolute Gasteiger partial charge is 0.243 e. The number of carbonyl (C=O) groups excluding carboxylic acids is 1. The summed E-state index contributed by atoms with van der Waals surface area (Å²) >= 11 is 12.3. The summed E-state index contributed by atoms with van der Waals surface area (Å²) in [6.45, 7) is 1.23. The summed E-state index contributed by atoms with van der Waals surface area (Å²) < 4.78 is 2.20. The third-order valence-corrected chi connectivity index (χ3v) is 5.90. The molecule has 0 fully saturated rings. The highest BCUT2D eigenvalue weighted by molar-refractivity contribution is 6.42. The standard InChI is InChI=1S/C26H23Cl2N3O/c27-21-14-12-20(17-22(21)28)18-31-24-10-5-4-9-23(24)30-25(31)11-6-16-29-26(32)15-13-19-7-2-1-3-8-19/h1-5,7-10,12-15,17H,6,11,16,18H2,(H,29,32)/b15-13+. The van der Waals surface area contributed by atoms with Crippen LogP contribution in [-0.2, 0) is 17.8 Å². The SMILES string of the molecule is O=C(/C=C/c1ccccc1)NCCCc1nc2ccccc2n1Cc1ccc(Cl)c(Cl)c1. The van der Waals surface area contributed by atoms with Crippen molar-refractivity contribution in [2.24, 2.45) is 0 Å². The van der Waals surface area contributed by atoms with E-state index in [0.29, 0.717) is 23.1 Å². The van der Waals surface area contributed by atoms with Crippen molar-refractivity contribution in [2.75, 3.05) is 6.54 Å². The van der Waals surface area contributed by atoms with Gasteiger partial charge in [0.1, 0.15) is 5.82 Å². The maximum absolute atomic E-state index is 12.1. The predicted octanol–water partition coefficient (Wildman–Crippen LogP) is 6.15. The first-order chi connectivity index (χ1) is 15.6. The van der Waals surface area contributed by atoms with Crippen molar-refractivity contribution in [3.05, 3.63) is 106 Å². The van der Waals surface area contributed by atoms with Gasteiger partial charge in [-0.2, -0.15) is 0 Å². The van der Waals surface area contributed by atoms with E-state index in [2.05, 4.69) is 16.0 Å². The molecule has 0 radical (unpaired) electrons. The van der Waals surface area contributed by atoms with Crippen molar-refractivity contribution in [3.63, 3.8) is 0 Å². The molecule has 0 bridgehead atoms. The van der Waals surface area contributed by atoms with Gasteiger partial charge in [0.05, 0.1) is 21.1 Å². The van der Waals surface area contributed by atoms with Gasteiger partial charge in [0.15, 0.2) is 0 Å². The van der Waals surface area contributed by atoms with Gasteiger partial charge >= 0.3 is 0 Å². The molecule has 0 unspecified atom stereocenters. The van der Waals surface area contributed by atoms with Gasteiger partial charge in [0, 0.05) is 25.6 Å². The van der Waals surface area contributed by atoms with E-state index in [1.165, 1.54) is 0 Å². The van der Waals surface area contributed by atoms with Crippen LogP contribution in [0.25, 0.3) is 17.1 Å². The molecule has 4 rings (SSSR count). The molecule has 4 aromatic rings. The second kappa shape index (κ2) is 10.5. The Morgan fingerprint density at radius 1 is 0.969 bits per heavy atom. The van der Waals surface area contributed by atoms with Crippen LogP contribution in [0.4, 0.5) is 0 Å². The quantitative estimate of drug-likeness (QED) is 0.251. The van der Waals surface area contributed by atoms with Gasteiger partial charge in [-0.25, -0.2) is 4.98 Å². The Labute approximate surface area is 197 Å². The van der Waals surface area contributed by atoms with Gasteiger partial charge in [-0.3, -0.25) is 4.79 Å². The summed E-state index contributed by atoms with van der Waals surface area (Å²) in [6.07, 6.45) is 4.91. The molecule has 0 aliphatic carbocycles. The number of nitrogens with zero attached hydrogens (tertiary/aromatic N) is 2. The molecule has 3 aromatic carbocycles. The minimum absolute atomic E-state index is 0.0989. The van der Waals surface area contributed by atoms with E-state index in [9.17, 15) is 4.79 Å².